The quantitative estimate of drug-likeness (QED) is 0.846. The summed E-state index contributed by atoms with van der Waals surface area (Å²) in [6.07, 6.45) is 0.716. The molecular formula is C11H15N3O2S. The van der Waals surface area contributed by atoms with Gasteiger partial charge in [-0.3, -0.25) is 14.3 Å². The van der Waals surface area contributed by atoms with Crippen LogP contribution in [0.25, 0.3) is 0 Å². The third-order valence-electron chi connectivity index (χ3n) is 2.98. The molecule has 1 atom stereocenters. The number of aryl methyl sites for hydroxylation is 2. The summed E-state index contributed by atoms with van der Waals surface area (Å²) in [4.78, 5) is 23.5. The van der Waals surface area contributed by atoms with Crippen molar-refractivity contribution in [3.8, 4) is 0 Å². The molecule has 92 valence electrons. The van der Waals surface area contributed by atoms with Crippen molar-refractivity contribution >= 4 is 22.8 Å². The lowest BCUT2D eigenvalue weighted by Gasteiger charge is -2.10. The Labute approximate surface area is 104 Å². The first-order chi connectivity index (χ1) is 8.00. The van der Waals surface area contributed by atoms with E-state index in [9.17, 15) is 9.59 Å². The van der Waals surface area contributed by atoms with Crippen LogP contribution in [0.4, 0.5) is 0 Å². The molecule has 1 aromatic rings. The lowest BCUT2D eigenvalue weighted by Crippen LogP contribution is -2.37. The molecule has 1 aliphatic rings. The molecular weight excluding hydrogens is 238 g/mol. The molecule has 0 saturated carbocycles. The summed E-state index contributed by atoms with van der Waals surface area (Å²) in [6, 6.07) is -0.341. The predicted molar refractivity (Wildman–Crippen MR) is 66.0 cm³/mol. The smallest absolute Gasteiger partial charge is 0.255 e. The number of carbonyl (C=O) groups is 2. The third kappa shape index (κ3) is 2.22. The Hall–Kier alpha value is -1.30. The number of rotatable bonds is 2. The van der Waals surface area contributed by atoms with Crippen molar-refractivity contribution in [1.29, 1.82) is 0 Å². The van der Waals surface area contributed by atoms with Gasteiger partial charge in [-0.1, -0.05) is 11.8 Å². The lowest BCUT2D eigenvalue weighted by atomic mass is 10.1. The highest BCUT2D eigenvalue weighted by atomic mass is 32.2. The molecule has 5 nitrogen and oxygen atoms in total. The van der Waals surface area contributed by atoms with Crippen LogP contribution in [0.1, 0.15) is 28.2 Å². The van der Waals surface area contributed by atoms with Crippen LogP contribution in [0.15, 0.2) is 0 Å². The standard InChI is InChI=1S/C11H15N3O2S/c1-6-9(7(2)14(3)13-6)10(15)12-8-4-5-17-11(8)16/h8H,4-5H2,1-3H3,(H,12,15). The predicted octanol–water partition coefficient (Wildman–Crippen LogP) is 0.799. The minimum absolute atomic E-state index is 0.0533. The van der Waals surface area contributed by atoms with Gasteiger partial charge >= 0.3 is 0 Å². The summed E-state index contributed by atoms with van der Waals surface area (Å²) in [5.74, 6) is 0.586. The molecule has 1 amide bonds. The Kier molecular flexibility index (Phi) is 3.24. The van der Waals surface area contributed by atoms with Gasteiger partial charge in [0, 0.05) is 18.5 Å². The van der Waals surface area contributed by atoms with E-state index in [-0.39, 0.29) is 17.1 Å². The molecule has 0 bridgehead atoms. The zero-order chi connectivity index (χ0) is 12.6. The van der Waals surface area contributed by atoms with Gasteiger partial charge in [-0.2, -0.15) is 5.10 Å². The Balaban J connectivity index is 2.17. The van der Waals surface area contributed by atoms with Crippen LogP contribution in [-0.4, -0.2) is 32.6 Å². The maximum atomic E-state index is 12.1. The molecule has 1 aromatic heterocycles. The Bertz CT molecular complexity index is 481. The molecule has 0 spiro atoms. The molecule has 6 heteroatoms. The van der Waals surface area contributed by atoms with Crippen LogP contribution < -0.4 is 5.32 Å². The van der Waals surface area contributed by atoms with E-state index in [1.807, 2.05) is 6.92 Å². The number of carbonyl (C=O) groups excluding carboxylic acids is 2. The zero-order valence-electron chi connectivity index (χ0n) is 10.1. The first-order valence-corrected chi connectivity index (χ1v) is 6.47. The van der Waals surface area contributed by atoms with E-state index < -0.39 is 0 Å². The lowest BCUT2D eigenvalue weighted by molar-refractivity contribution is -0.112. The highest BCUT2D eigenvalue weighted by Crippen LogP contribution is 2.20. The second kappa shape index (κ2) is 4.52. The fourth-order valence-electron chi connectivity index (χ4n) is 1.96. The zero-order valence-corrected chi connectivity index (χ0v) is 10.9. The summed E-state index contributed by atoms with van der Waals surface area (Å²) in [5, 5.41) is 7.02. The van der Waals surface area contributed by atoms with Crippen LogP contribution in [0, 0.1) is 13.8 Å². The number of hydrogen-bond donors (Lipinski definition) is 1. The molecule has 0 radical (unpaired) electrons. The van der Waals surface area contributed by atoms with Crippen molar-refractivity contribution in [3.05, 3.63) is 17.0 Å². The number of amides is 1. The molecule has 1 unspecified atom stereocenters. The summed E-state index contributed by atoms with van der Waals surface area (Å²) < 4.78 is 1.68. The molecule has 1 saturated heterocycles. The highest BCUT2D eigenvalue weighted by Gasteiger charge is 2.28. The molecule has 0 aromatic carbocycles. The topological polar surface area (TPSA) is 64.0 Å². The Morgan fingerprint density at radius 3 is 2.71 bits per heavy atom. The van der Waals surface area contributed by atoms with E-state index in [1.165, 1.54) is 11.8 Å². The minimum Gasteiger partial charge on any atom is -0.341 e. The second-order valence-corrected chi connectivity index (χ2v) is 5.25. The summed E-state index contributed by atoms with van der Waals surface area (Å²) >= 11 is 1.28. The second-order valence-electron chi connectivity index (χ2n) is 4.15. The number of thioether (sulfide) groups is 1. The summed E-state index contributed by atoms with van der Waals surface area (Å²) in [5.41, 5.74) is 2.09. The van der Waals surface area contributed by atoms with Crippen molar-refractivity contribution in [2.75, 3.05) is 5.75 Å². The number of hydrogen-bond acceptors (Lipinski definition) is 4. The van der Waals surface area contributed by atoms with E-state index >= 15 is 0 Å². The number of nitrogens with one attached hydrogen (secondary N) is 1. The van der Waals surface area contributed by atoms with Crippen LogP contribution in [-0.2, 0) is 11.8 Å². The third-order valence-corrected chi connectivity index (χ3v) is 3.99. The van der Waals surface area contributed by atoms with Crippen molar-refractivity contribution < 1.29 is 9.59 Å². The fraction of sp³-hybridized carbons (Fsp3) is 0.545. The molecule has 17 heavy (non-hydrogen) atoms. The van der Waals surface area contributed by atoms with E-state index in [1.54, 1.807) is 18.7 Å². The SMILES string of the molecule is Cc1nn(C)c(C)c1C(=O)NC1CCSC1=O. The van der Waals surface area contributed by atoms with Crippen molar-refractivity contribution in [3.63, 3.8) is 0 Å². The normalized spacial score (nSPS) is 19.7. The van der Waals surface area contributed by atoms with E-state index in [0.717, 1.165) is 11.4 Å². The monoisotopic (exact) mass is 253 g/mol. The van der Waals surface area contributed by atoms with Crippen LogP contribution in [0.2, 0.25) is 0 Å². The Morgan fingerprint density at radius 1 is 1.53 bits per heavy atom. The molecule has 1 N–H and O–H groups in total. The van der Waals surface area contributed by atoms with Gasteiger partial charge < -0.3 is 5.32 Å². The van der Waals surface area contributed by atoms with E-state index in [2.05, 4.69) is 10.4 Å². The van der Waals surface area contributed by atoms with Crippen molar-refractivity contribution in [2.24, 2.45) is 7.05 Å². The Morgan fingerprint density at radius 2 is 2.24 bits per heavy atom. The molecule has 2 rings (SSSR count). The van der Waals surface area contributed by atoms with Crippen molar-refractivity contribution in [2.45, 2.75) is 26.3 Å². The van der Waals surface area contributed by atoms with Gasteiger partial charge in [0.25, 0.3) is 5.91 Å². The van der Waals surface area contributed by atoms with Gasteiger partial charge in [0.05, 0.1) is 17.3 Å². The molecule has 1 fully saturated rings. The van der Waals surface area contributed by atoms with Gasteiger partial charge in [0.1, 0.15) is 0 Å². The fourth-order valence-corrected chi connectivity index (χ4v) is 2.89. The average molecular weight is 253 g/mol. The van der Waals surface area contributed by atoms with Crippen LogP contribution in [0.5, 0.6) is 0 Å². The average Bonchev–Trinajstić information content (AvgIpc) is 2.74. The summed E-state index contributed by atoms with van der Waals surface area (Å²) in [7, 11) is 1.80. The first-order valence-electron chi connectivity index (χ1n) is 5.48. The van der Waals surface area contributed by atoms with Crippen molar-refractivity contribution in [1.82, 2.24) is 15.1 Å². The van der Waals surface area contributed by atoms with Gasteiger partial charge in [0.15, 0.2) is 0 Å². The summed E-state index contributed by atoms with van der Waals surface area (Å²) in [6.45, 7) is 3.65. The van der Waals surface area contributed by atoms with Gasteiger partial charge in [0.2, 0.25) is 5.12 Å². The number of nitrogens with zero attached hydrogens (tertiary/aromatic N) is 2. The van der Waals surface area contributed by atoms with Gasteiger partial charge in [-0.05, 0) is 20.3 Å². The molecule has 0 aliphatic carbocycles. The van der Waals surface area contributed by atoms with Gasteiger partial charge in [-0.15, -0.1) is 0 Å². The maximum Gasteiger partial charge on any atom is 0.255 e. The number of aromatic nitrogens is 2. The van der Waals surface area contributed by atoms with Crippen LogP contribution >= 0.6 is 11.8 Å². The highest BCUT2D eigenvalue weighted by molar-refractivity contribution is 8.14. The minimum atomic E-state index is -0.341. The first kappa shape index (κ1) is 12.2. The van der Waals surface area contributed by atoms with E-state index in [4.69, 9.17) is 0 Å². The maximum absolute atomic E-state index is 12.1. The van der Waals surface area contributed by atoms with Crippen LogP contribution in [0.3, 0.4) is 0 Å². The van der Waals surface area contributed by atoms with E-state index in [0.29, 0.717) is 17.7 Å². The largest absolute Gasteiger partial charge is 0.341 e. The molecule has 1 aliphatic heterocycles. The van der Waals surface area contributed by atoms with Gasteiger partial charge in [-0.25, -0.2) is 0 Å². The molecule has 2 heterocycles.